The molecule has 0 aromatic carbocycles. The van der Waals surface area contributed by atoms with Crippen LogP contribution in [0.5, 0.6) is 0 Å². The summed E-state index contributed by atoms with van der Waals surface area (Å²) in [7, 11) is 0. The van der Waals surface area contributed by atoms with Crippen molar-refractivity contribution in [2.24, 2.45) is 5.73 Å². The van der Waals surface area contributed by atoms with E-state index in [0.29, 0.717) is 0 Å². The van der Waals surface area contributed by atoms with Crippen molar-refractivity contribution in [3.8, 4) is 0 Å². The molecule has 2 atom stereocenters. The summed E-state index contributed by atoms with van der Waals surface area (Å²) in [5.41, 5.74) is 5.72. The van der Waals surface area contributed by atoms with Crippen molar-refractivity contribution in [3.05, 3.63) is 0 Å². The summed E-state index contributed by atoms with van der Waals surface area (Å²) in [5.74, 6) is -1.12. The first-order chi connectivity index (χ1) is 6.09. The van der Waals surface area contributed by atoms with Crippen molar-refractivity contribution in [3.63, 3.8) is 0 Å². The topological polar surface area (TPSA) is 86.8 Å². The Morgan fingerprint density at radius 1 is 1.69 bits per heavy atom. The molecule has 1 rings (SSSR count). The second kappa shape index (κ2) is 5.05. The van der Waals surface area contributed by atoms with Crippen LogP contribution in [0.2, 0.25) is 0 Å². The summed E-state index contributed by atoms with van der Waals surface area (Å²) < 4.78 is 0.831. The SMILES string of the molecule is N[C@H]1CCC[N]([Pt][CH](O)C(=O)O)C1. The predicted molar refractivity (Wildman–Crippen MR) is 42.4 cm³/mol. The fourth-order valence-electron chi connectivity index (χ4n) is 1.16. The molecule has 1 saturated heterocycles. The summed E-state index contributed by atoms with van der Waals surface area (Å²) in [4.78, 5) is 10.4. The van der Waals surface area contributed by atoms with E-state index in [4.69, 9.17) is 15.9 Å². The number of hydrogen-bond acceptors (Lipinski definition) is 4. The quantitative estimate of drug-likeness (QED) is 0.583. The van der Waals surface area contributed by atoms with Crippen LogP contribution in [0.3, 0.4) is 0 Å². The number of piperidine rings is 1. The molecule has 1 unspecified atom stereocenters. The zero-order valence-electron chi connectivity index (χ0n) is 7.13. The standard InChI is InChI=1S/C5H11N2.C2H3O3.Pt/c6-5-2-1-3-7-4-5;3-1-2(4)5;/h5H,1-4,6H2;1,3H,(H,4,5);/q-1;;+1/t5-;;/m0../s1. The molecule has 0 spiro atoms. The van der Waals surface area contributed by atoms with E-state index in [1.54, 1.807) is 0 Å². The fraction of sp³-hybridized carbons (Fsp3) is 0.857. The van der Waals surface area contributed by atoms with Crippen LogP contribution < -0.4 is 5.73 Å². The molecule has 0 amide bonds. The van der Waals surface area contributed by atoms with Gasteiger partial charge >= 0.3 is 85.4 Å². The molecule has 13 heavy (non-hydrogen) atoms. The minimum absolute atomic E-state index is 0.148. The van der Waals surface area contributed by atoms with E-state index in [2.05, 4.69) is 0 Å². The van der Waals surface area contributed by atoms with Gasteiger partial charge < -0.3 is 0 Å². The molecule has 0 aliphatic carbocycles. The number of aliphatic carboxylic acids is 1. The Balaban J connectivity index is 2.31. The van der Waals surface area contributed by atoms with Crippen molar-refractivity contribution in [2.45, 2.75) is 23.4 Å². The van der Waals surface area contributed by atoms with Crippen LogP contribution in [0.15, 0.2) is 0 Å². The molecule has 1 aliphatic heterocycles. The monoisotopic (exact) mass is 369 g/mol. The van der Waals surface area contributed by atoms with Gasteiger partial charge in [0.25, 0.3) is 0 Å². The maximum atomic E-state index is 10.4. The number of hydrogen-bond donors (Lipinski definition) is 3. The van der Waals surface area contributed by atoms with Crippen molar-refractivity contribution >= 4 is 5.97 Å². The predicted octanol–water partition coefficient (Wildman–Crippen LogP) is -1.19. The number of aliphatic hydroxyl groups excluding tert-OH is 1. The third-order valence-corrected chi connectivity index (χ3v) is 4.63. The summed E-state index contributed by atoms with van der Waals surface area (Å²) >= 11 is -0.827. The van der Waals surface area contributed by atoms with Crippen molar-refractivity contribution in [1.82, 2.24) is 3.46 Å². The number of rotatable bonds is 3. The number of aliphatic hydroxyl groups is 1. The molecular weight excluding hydrogens is 355 g/mol. The van der Waals surface area contributed by atoms with Gasteiger partial charge in [0.2, 0.25) is 0 Å². The van der Waals surface area contributed by atoms with Crippen LogP contribution in [0.1, 0.15) is 12.8 Å². The van der Waals surface area contributed by atoms with Crippen molar-refractivity contribution in [2.75, 3.05) is 13.1 Å². The van der Waals surface area contributed by atoms with E-state index in [9.17, 15) is 4.79 Å². The molecule has 5 nitrogen and oxygen atoms in total. The minimum atomic E-state index is -1.18. The van der Waals surface area contributed by atoms with Gasteiger partial charge in [-0.15, -0.1) is 0 Å². The molecule has 0 radical (unpaired) electrons. The average molecular weight is 369 g/mol. The molecule has 0 bridgehead atoms. The van der Waals surface area contributed by atoms with Crippen LogP contribution in [0, 0.1) is 0 Å². The zero-order valence-corrected chi connectivity index (χ0v) is 9.40. The van der Waals surface area contributed by atoms with Crippen LogP contribution in [-0.4, -0.2) is 43.3 Å². The normalized spacial score (nSPS) is 27.4. The van der Waals surface area contributed by atoms with Crippen molar-refractivity contribution < 1.29 is 33.8 Å². The van der Waals surface area contributed by atoms with Gasteiger partial charge in [0.05, 0.1) is 0 Å². The number of carbonyl (C=O) groups is 1. The molecular formula is C7H14N2O3Pt. The summed E-state index contributed by atoms with van der Waals surface area (Å²) in [6, 6.07) is 0.148. The van der Waals surface area contributed by atoms with Gasteiger partial charge in [0, 0.05) is 0 Å². The average Bonchev–Trinajstić information content (AvgIpc) is 2.04. The Kier molecular flexibility index (Phi) is 4.32. The van der Waals surface area contributed by atoms with Gasteiger partial charge in [0.1, 0.15) is 0 Å². The molecule has 1 heterocycles. The van der Waals surface area contributed by atoms with Crippen LogP contribution in [0.25, 0.3) is 0 Å². The van der Waals surface area contributed by atoms with Crippen LogP contribution in [-0.2, 0) is 23.6 Å². The third-order valence-electron chi connectivity index (χ3n) is 1.76. The van der Waals surface area contributed by atoms with Crippen LogP contribution in [0.4, 0.5) is 0 Å². The fourth-order valence-corrected chi connectivity index (χ4v) is 3.62. The van der Waals surface area contributed by atoms with E-state index < -0.39 is 29.3 Å². The Bertz CT molecular complexity index is 191. The molecule has 0 aromatic rings. The Hall–Kier alpha value is 0.0383. The van der Waals surface area contributed by atoms with E-state index in [1.807, 2.05) is 3.46 Å². The van der Waals surface area contributed by atoms with E-state index in [-0.39, 0.29) is 6.04 Å². The molecule has 4 N–H and O–H groups in total. The number of carboxylic acids is 1. The summed E-state index contributed by atoms with van der Waals surface area (Å²) in [6.07, 6.45) is 2.01. The van der Waals surface area contributed by atoms with E-state index in [1.165, 1.54) is 0 Å². The molecule has 6 heteroatoms. The van der Waals surface area contributed by atoms with Gasteiger partial charge in [-0.1, -0.05) is 0 Å². The first-order valence-corrected chi connectivity index (χ1v) is 6.41. The maximum absolute atomic E-state index is 10.4. The summed E-state index contributed by atoms with van der Waals surface area (Å²) in [5, 5.41) is 17.6. The molecule has 1 aliphatic rings. The van der Waals surface area contributed by atoms with Gasteiger partial charge in [-0.2, -0.15) is 0 Å². The molecule has 0 aromatic heterocycles. The van der Waals surface area contributed by atoms with Gasteiger partial charge in [-0.3, -0.25) is 0 Å². The van der Waals surface area contributed by atoms with Gasteiger partial charge in [-0.05, 0) is 0 Å². The first kappa shape index (κ1) is 11.1. The molecule has 80 valence electrons. The Labute approximate surface area is 85.7 Å². The zero-order chi connectivity index (χ0) is 9.84. The number of nitrogens with zero attached hydrogens (tertiary/aromatic N) is 1. The van der Waals surface area contributed by atoms with Gasteiger partial charge in [-0.25, -0.2) is 0 Å². The number of carboxylic acid groups (broad SMARTS) is 1. The second-order valence-electron chi connectivity index (χ2n) is 2.95. The van der Waals surface area contributed by atoms with E-state index >= 15 is 0 Å². The van der Waals surface area contributed by atoms with Gasteiger partial charge in [0.15, 0.2) is 0 Å². The third kappa shape index (κ3) is 3.73. The summed E-state index contributed by atoms with van der Waals surface area (Å²) in [6.45, 7) is 1.62. The first-order valence-electron chi connectivity index (χ1n) is 4.08. The molecule has 0 saturated carbocycles. The Morgan fingerprint density at radius 2 is 2.38 bits per heavy atom. The van der Waals surface area contributed by atoms with Crippen LogP contribution >= 0.6 is 0 Å². The Morgan fingerprint density at radius 3 is 2.92 bits per heavy atom. The number of nitrogens with two attached hydrogens (primary N) is 1. The van der Waals surface area contributed by atoms with E-state index in [0.717, 1.165) is 25.9 Å². The molecule has 1 fully saturated rings. The second-order valence-corrected chi connectivity index (χ2v) is 6.22. The van der Waals surface area contributed by atoms with Crippen molar-refractivity contribution in [1.29, 1.82) is 0 Å².